The average Bonchev–Trinajstić information content (AvgIpc) is 2.28. The number of hydrogen-bond acceptors (Lipinski definition) is 2. The van der Waals surface area contributed by atoms with E-state index in [1.54, 1.807) is 18.2 Å². The second kappa shape index (κ2) is 4.85. The average molecular weight is 313 g/mol. The van der Waals surface area contributed by atoms with E-state index in [2.05, 4.69) is 20.9 Å². The highest BCUT2D eigenvalue weighted by Crippen LogP contribution is 2.24. The van der Waals surface area contributed by atoms with Gasteiger partial charge in [-0.25, -0.2) is 9.78 Å². The van der Waals surface area contributed by atoms with Crippen molar-refractivity contribution in [1.29, 1.82) is 0 Å². The molecular weight excluding hydrogens is 305 g/mol. The van der Waals surface area contributed by atoms with Gasteiger partial charge in [0.15, 0.2) is 0 Å². The van der Waals surface area contributed by atoms with E-state index in [-0.39, 0.29) is 5.56 Å². The van der Waals surface area contributed by atoms with Crippen molar-refractivity contribution in [2.45, 2.75) is 0 Å². The Balaban J connectivity index is 2.56. The van der Waals surface area contributed by atoms with Gasteiger partial charge in [0.1, 0.15) is 4.60 Å². The molecule has 0 aliphatic rings. The maximum atomic E-state index is 10.9. The third-order valence-electron chi connectivity index (χ3n) is 2.16. The molecule has 0 radical (unpaired) electrons. The van der Waals surface area contributed by atoms with Gasteiger partial charge in [0.05, 0.1) is 11.3 Å². The first-order chi connectivity index (χ1) is 8.06. The molecular formula is C12H7BrClNO2. The van der Waals surface area contributed by atoms with Crippen LogP contribution in [-0.2, 0) is 0 Å². The molecule has 0 amide bonds. The Bertz CT molecular complexity index is 586. The molecule has 0 saturated carbocycles. The number of carbonyl (C=O) groups is 1. The lowest BCUT2D eigenvalue weighted by atomic mass is 10.1. The van der Waals surface area contributed by atoms with Crippen LogP contribution in [0.1, 0.15) is 10.4 Å². The van der Waals surface area contributed by atoms with Crippen LogP contribution in [0.25, 0.3) is 11.3 Å². The van der Waals surface area contributed by atoms with E-state index in [9.17, 15) is 4.79 Å². The number of halogens is 2. The summed E-state index contributed by atoms with van der Waals surface area (Å²) in [7, 11) is 0. The fourth-order valence-corrected chi connectivity index (χ4v) is 2.04. The first-order valence-corrected chi connectivity index (χ1v) is 5.90. The number of pyridine rings is 1. The molecule has 2 aromatic rings. The highest BCUT2D eigenvalue weighted by Gasteiger charge is 2.08. The highest BCUT2D eigenvalue weighted by atomic mass is 79.9. The summed E-state index contributed by atoms with van der Waals surface area (Å²) in [5.74, 6) is -0.989. The van der Waals surface area contributed by atoms with Crippen LogP contribution in [0.5, 0.6) is 0 Å². The van der Waals surface area contributed by atoms with Gasteiger partial charge in [-0.2, -0.15) is 0 Å². The number of rotatable bonds is 2. The molecule has 17 heavy (non-hydrogen) atoms. The molecule has 86 valence electrons. The van der Waals surface area contributed by atoms with Gasteiger partial charge in [-0.05, 0) is 40.2 Å². The van der Waals surface area contributed by atoms with E-state index in [1.807, 2.05) is 6.07 Å². The zero-order chi connectivity index (χ0) is 12.4. The van der Waals surface area contributed by atoms with Crippen LogP contribution in [0, 0.1) is 0 Å². The van der Waals surface area contributed by atoms with Gasteiger partial charge < -0.3 is 5.11 Å². The fraction of sp³-hybridized carbons (Fsp3) is 0. The van der Waals surface area contributed by atoms with Crippen LogP contribution < -0.4 is 0 Å². The molecule has 0 atom stereocenters. The van der Waals surface area contributed by atoms with Crippen LogP contribution in [-0.4, -0.2) is 16.1 Å². The van der Waals surface area contributed by atoms with Gasteiger partial charge in [-0.1, -0.05) is 23.7 Å². The second-order valence-electron chi connectivity index (χ2n) is 3.38. The van der Waals surface area contributed by atoms with Crippen molar-refractivity contribution in [2.24, 2.45) is 0 Å². The standard InChI is InChI=1S/C12H7BrClNO2/c13-11-6-8(12(16)17)5-10(15-11)7-2-1-3-9(14)4-7/h1-6H,(H,16,17). The van der Waals surface area contributed by atoms with E-state index >= 15 is 0 Å². The monoisotopic (exact) mass is 311 g/mol. The van der Waals surface area contributed by atoms with Crippen molar-refractivity contribution in [1.82, 2.24) is 4.98 Å². The Morgan fingerprint density at radius 2 is 2.06 bits per heavy atom. The van der Waals surface area contributed by atoms with Crippen molar-refractivity contribution >= 4 is 33.5 Å². The normalized spacial score (nSPS) is 10.2. The Hall–Kier alpha value is -1.39. The van der Waals surface area contributed by atoms with Crippen LogP contribution in [0.3, 0.4) is 0 Å². The van der Waals surface area contributed by atoms with E-state index < -0.39 is 5.97 Å². The first kappa shape index (κ1) is 12.1. The molecule has 1 heterocycles. The van der Waals surface area contributed by atoms with Crippen molar-refractivity contribution < 1.29 is 9.90 Å². The van der Waals surface area contributed by atoms with Crippen molar-refractivity contribution in [3.8, 4) is 11.3 Å². The summed E-state index contributed by atoms with van der Waals surface area (Å²) < 4.78 is 0.479. The third-order valence-corrected chi connectivity index (χ3v) is 2.80. The SMILES string of the molecule is O=C(O)c1cc(Br)nc(-c2cccc(Cl)c2)c1. The largest absolute Gasteiger partial charge is 0.478 e. The number of nitrogens with zero attached hydrogens (tertiary/aromatic N) is 1. The van der Waals surface area contributed by atoms with Gasteiger partial charge in [0.25, 0.3) is 0 Å². The Labute approximate surface area is 111 Å². The lowest BCUT2D eigenvalue weighted by molar-refractivity contribution is 0.0696. The summed E-state index contributed by atoms with van der Waals surface area (Å²) in [6.07, 6.45) is 0. The minimum Gasteiger partial charge on any atom is -0.478 e. The van der Waals surface area contributed by atoms with Gasteiger partial charge >= 0.3 is 5.97 Å². The zero-order valence-electron chi connectivity index (χ0n) is 8.52. The molecule has 0 saturated heterocycles. The number of benzene rings is 1. The smallest absolute Gasteiger partial charge is 0.335 e. The summed E-state index contributed by atoms with van der Waals surface area (Å²) >= 11 is 9.07. The van der Waals surface area contributed by atoms with Crippen LogP contribution >= 0.6 is 27.5 Å². The van der Waals surface area contributed by atoms with E-state index in [4.69, 9.17) is 16.7 Å². The Morgan fingerprint density at radius 3 is 2.71 bits per heavy atom. The van der Waals surface area contributed by atoms with Gasteiger partial charge in [-0.3, -0.25) is 0 Å². The number of aromatic nitrogens is 1. The van der Waals surface area contributed by atoms with Crippen LogP contribution in [0.15, 0.2) is 41.0 Å². The summed E-state index contributed by atoms with van der Waals surface area (Å²) in [6.45, 7) is 0. The van der Waals surface area contributed by atoms with Crippen LogP contribution in [0.4, 0.5) is 0 Å². The van der Waals surface area contributed by atoms with Gasteiger partial charge in [0.2, 0.25) is 0 Å². The lowest BCUT2D eigenvalue weighted by Gasteiger charge is -2.04. The molecule has 5 heteroatoms. The van der Waals surface area contributed by atoms with Gasteiger partial charge in [0, 0.05) is 10.6 Å². The minimum atomic E-state index is -0.989. The predicted octanol–water partition coefficient (Wildman–Crippen LogP) is 3.86. The maximum absolute atomic E-state index is 10.9. The molecule has 0 fully saturated rings. The molecule has 1 aromatic heterocycles. The van der Waals surface area contributed by atoms with Crippen molar-refractivity contribution in [2.75, 3.05) is 0 Å². The Kier molecular flexibility index (Phi) is 3.45. The number of carboxylic acid groups (broad SMARTS) is 1. The minimum absolute atomic E-state index is 0.182. The zero-order valence-corrected chi connectivity index (χ0v) is 10.9. The summed E-state index contributed by atoms with van der Waals surface area (Å²) in [5.41, 5.74) is 1.53. The van der Waals surface area contributed by atoms with Crippen LogP contribution in [0.2, 0.25) is 5.02 Å². The molecule has 1 N–H and O–H groups in total. The number of carboxylic acids is 1. The molecule has 0 aliphatic heterocycles. The predicted molar refractivity (Wildman–Crippen MR) is 69.3 cm³/mol. The summed E-state index contributed by atoms with van der Waals surface area (Å²) in [6, 6.07) is 10.1. The molecule has 0 unspecified atom stereocenters. The lowest BCUT2D eigenvalue weighted by Crippen LogP contribution is -1.98. The molecule has 1 aromatic carbocycles. The van der Waals surface area contributed by atoms with Crippen molar-refractivity contribution in [3.05, 3.63) is 51.6 Å². The van der Waals surface area contributed by atoms with Gasteiger partial charge in [-0.15, -0.1) is 0 Å². The van der Waals surface area contributed by atoms with E-state index in [0.717, 1.165) is 5.56 Å². The second-order valence-corrected chi connectivity index (χ2v) is 4.63. The maximum Gasteiger partial charge on any atom is 0.335 e. The fourth-order valence-electron chi connectivity index (χ4n) is 1.42. The summed E-state index contributed by atoms with van der Waals surface area (Å²) in [4.78, 5) is 15.2. The molecule has 0 spiro atoms. The highest BCUT2D eigenvalue weighted by molar-refractivity contribution is 9.10. The number of hydrogen-bond donors (Lipinski definition) is 1. The molecule has 2 rings (SSSR count). The molecule has 3 nitrogen and oxygen atoms in total. The quantitative estimate of drug-likeness (QED) is 0.857. The van der Waals surface area contributed by atoms with E-state index in [1.165, 1.54) is 12.1 Å². The number of aromatic carboxylic acids is 1. The molecule has 0 aliphatic carbocycles. The molecule has 0 bridgehead atoms. The van der Waals surface area contributed by atoms with E-state index in [0.29, 0.717) is 15.3 Å². The van der Waals surface area contributed by atoms with Crippen molar-refractivity contribution in [3.63, 3.8) is 0 Å². The Morgan fingerprint density at radius 1 is 1.29 bits per heavy atom. The first-order valence-electron chi connectivity index (χ1n) is 4.73. The third kappa shape index (κ3) is 2.84. The summed E-state index contributed by atoms with van der Waals surface area (Å²) in [5, 5.41) is 9.54. The topological polar surface area (TPSA) is 50.2 Å².